The van der Waals surface area contributed by atoms with Crippen molar-refractivity contribution in [3.8, 4) is 0 Å². The van der Waals surface area contributed by atoms with Crippen LogP contribution < -0.4 is 5.32 Å². The Balaban J connectivity index is 1.62. The van der Waals surface area contributed by atoms with Gasteiger partial charge in [-0.3, -0.25) is 9.78 Å². The second kappa shape index (κ2) is 8.86. The van der Waals surface area contributed by atoms with Crippen LogP contribution in [0.4, 0.5) is 26.3 Å². The number of pyridine rings is 1. The highest BCUT2D eigenvalue weighted by atomic mass is 32.2. The topological polar surface area (TPSA) is 76.1 Å². The van der Waals surface area contributed by atoms with E-state index < -0.39 is 49.0 Å². The quantitative estimate of drug-likeness (QED) is 0.549. The van der Waals surface area contributed by atoms with Crippen LogP contribution in [-0.4, -0.2) is 30.6 Å². The van der Waals surface area contributed by atoms with Gasteiger partial charge in [0.05, 0.1) is 15.2 Å². The summed E-state index contributed by atoms with van der Waals surface area (Å²) >= 11 is 0. The molecule has 0 saturated heterocycles. The van der Waals surface area contributed by atoms with Crippen LogP contribution in [0, 0.1) is 11.8 Å². The summed E-state index contributed by atoms with van der Waals surface area (Å²) in [4.78, 5) is 15.0. The number of alkyl halides is 6. The molecule has 0 atom stereocenters. The smallest absolute Gasteiger partial charge is 0.352 e. The summed E-state index contributed by atoms with van der Waals surface area (Å²) in [5, 5.41) is 2.54. The van der Waals surface area contributed by atoms with Gasteiger partial charge in [-0.25, -0.2) is 8.42 Å². The maximum atomic E-state index is 13.1. The number of carbonyl (C=O) groups excluding carboxylic acids is 1. The molecule has 0 radical (unpaired) electrons. The minimum absolute atomic E-state index is 0.117. The molecule has 12 heteroatoms. The van der Waals surface area contributed by atoms with Crippen LogP contribution in [0.2, 0.25) is 0 Å². The lowest BCUT2D eigenvalue weighted by molar-refractivity contribution is -0.141. The standard InChI is InChI=1S/C22H22F6N2O3S/c1-20(2,34(32,33)17-5-3-4-15(11-17)21(23,24)25)16-8-13(9-16)12-30-19(31)14-6-7-29-18(10-14)22(26,27)28/h3-7,10-11,13,16H,8-9,12H2,1-2H3,(H,30,31). The predicted molar refractivity (Wildman–Crippen MR) is 110 cm³/mol. The molecule has 0 aliphatic heterocycles. The van der Waals surface area contributed by atoms with Crippen molar-refractivity contribution in [3.05, 3.63) is 59.4 Å². The zero-order valence-corrected chi connectivity index (χ0v) is 19.0. The maximum absolute atomic E-state index is 13.1. The predicted octanol–water partition coefficient (Wildman–Crippen LogP) is 5.13. The van der Waals surface area contributed by atoms with E-state index in [0.29, 0.717) is 25.0 Å². The Bertz CT molecular complexity index is 1170. The Morgan fingerprint density at radius 2 is 1.68 bits per heavy atom. The van der Waals surface area contributed by atoms with Gasteiger partial charge in [0.1, 0.15) is 5.69 Å². The molecule has 5 nitrogen and oxygen atoms in total. The van der Waals surface area contributed by atoms with E-state index in [1.165, 1.54) is 13.8 Å². The molecule has 3 rings (SSSR count). The molecule has 2 aromatic rings. The van der Waals surface area contributed by atoms with E-state index in [0.717, 1.165) is 30.5 Å². The van der Waals surface area contributed by atoms with Gasteiger partial charge in [0.15, 0.2) is 9.84 Å². The third-order valence-corrected chi connectivity index (χ3v) is 8.84. The number of halogens is 6. The van der Waals surface area contributed by atoms with Crippen molar-refractivity contribution in [2.75, 3.05) is 6.54 Å². The number of nitrogens with one attached hydrogen (secondary N) is 1. The number of hydrogen-bond acceptors (Lipinski definition) is 4. The van der Waals surface area contributed by atoms with Gasteiger partial charge in [0, 0.05) is 18.3 Å². The van der Waals surface area contributed by atoms with Gasteiger partial charge in [-0.05, 0) is 68.9 Å². The minimum atomic E-state index is -4.69. The van der Waals surface area contributed by atoms with Crippen molar-refractivity contribution in [2.45, 2.75) is 48.7 Å². The normalized spacial score (nSPS) is 19.4. The Morgan fingerprint density at radius 1 is 1.03 bits per heavy atom. The highest BCUT2D eigenvalue weighted by Crippen LogP contribution is 2.46. The molecule has 1 aromatic carbocycles. The van der Waals surface area contributed by atoms with Crippen LogP contribution >= 0.6 is 0 Å². The molecule has 0 unspecified atom stereocenters. The molecule has 1 N–H and O–H groups in total. The van der Waals surface area contributed by atoms with Crippen molar-refractivity contribution in [1.29, 1.82) is 0 Å². The summed E-state index contributed by atoms with van der Waals surface area (Å²) in [6.45, 7) is 3.04. The van der Waals surface area contributed by atoms with Crippen molar-refractivity contribution >= 4 is 15.7 Å². The van der Waals surface area contributed by atoms with Crippen LogP contribution in [0.5, 0.6) is 0 Å². The number of rotatable bonds is 6. The first-order valence-corrected chi connectivity index (χ1v) is 11.7. The third kappa shape index (κ3) is 5.21. The summed E-state index contributed by atoms with van der Waals surface area (Å²) < 4.78 is 102. The van der Waals surface area contributed by atoms with Crippen molar-refractivity contribution in [3.63, 3.8) is 0 Å². The van der Waals surface area contributed by atoms with Crippen molar-refractivity contribution in [1.82, 2.24) is 10.3 Å². The fourth-order valence-corrected chi connectivity index (χ4v) is 5.68. The van der Waals surface area contributed by atoms with Gasteiger partial charge in [0.25, 0.3) is 5.91 Å². The zero-order chi connectivity index (χ0) is 25.5. The SMILES string of the molecule is CC(C)(C1CC(CNC(=O)c2ccnc(C(F)(F)F)c2)C1)S(=O)(=O)c1cccc(C(F)(F)F)c1. The van der Waals surface area contributed by atoms with Gasteiger partial charge in [-0.1, -0.05) is 6.07 Å². The largest absolute Gasteiger partial charge is 0.433 e. The average molecular weight is 508 g/mol. The first-order chi connectivity index (χ1) is 15.5. The molecular formula is C22H22F6N2O3S. The lowest BCUT2D eigenvalue weighted by atomic mass is 9.69. The zero-order valence-electron chi connectivity index (χ0n) is 18.2. The summed E-state index contributed by atoms with van der Waals surface area (Å²) in [6.07, 6.45) is -7.71. The molecule has 1 saturated carbocycles. The molecular weight excluding hydrogens is 486 g/mol. The summed E-state index contributed by atoms with van der Waals surface area (Å²) in [5.74, 6) is -1.20. The van der Waals surface area contributed by atoms with E-state index in [-0.39, 0.29) is 23.9 Å². The Morgan fingerprint density at radius 3 is 2.26 bits per heavy atom. The minimum Gasteiger partial charge on any atom is -0.352 e. The molecule has 1 aliphatic rings. The van der Waals surface area contributed by atoms with Gasteiger partial charge in [-0.15, -0.1) is 0 Å². The first kappa shape index (κ1) is 26.0. The van der Waals surface area contributed by atoms with Gasteiger partial charge >= 0.3 is 12.4 Å². The number of nitrogens with zero attached hydrogens (tertiary/aromatic N) is 1. The van der Waals surface area contributed by atoms with Gasteiger partial charge in [-0.2, -0.15) is 26.3 Å². The molecule has 1 aromatic heterocycles. The van der Waals surface area contributed by atoms with E-state index in [1.807, 2.05) is 0 Å². The van der Waals surface area contributed by atoms with Crippen LogP contribution in [-0.2, 0) is 22.2 Å². The number of hydrogen-bond donors (Lipinski definition) is 1. The fourth-order valence-electron chi connectivity index (χ4n) is 3.90. The van der Waals surface area contributed by atoms with Crippen LogP contribution in [0.1, 0.15) is 48.3 Å². The van der Waals surface area contributed by atoms with E-state index >= 15 is 0 Å². The number of sulfone groups is 1. The van der Waals surface area contributed by atoms with Gasteiger partial charge < -0.3 is 5.32 Å². The van der Waals surface area contributed by atoms with E-state index in [9.17, 15) is 39.6 Å². The molecule has 34 heavy (non-hydrogen) atoms. The number of benzene rings is 1. The van der Waals surface area contributed by atoms with Crippen molar-refractivity contribution < 1.29 is 39.6 Å². The third-order valence-electron chi connectivity index (χ3n) is 6.25. The fraction of sp³-hybridized carbons (Fsp3) is 0.455. The Labute approximate surface area is 192 Å². The summed E-state index contributed by atoms with van der Waals surface area (Å²) in [7, 11) is -4.10. The summed E-state index contributed by atoms with van der Waals surface area (Å²) in [6, 6.07) is 5.40. The van der Waals surface area contributed by atoms with E-state index in [4.69, 9.17) is 0 Å². The second-order valence-electron chi connectivity index (χ2n) is 8.80. The number of aromatic nitrogens is 1. The lowest BCUT2D eigenvalue weighted by Gasteiger charge is -2.44. The molecule has 1 heterocycles. The van der Waals surface area contributed by atoms with Gasteiger partial charge in [0.2, 0.25) is 0 Å². The first-order valence-electron chi connectivity index (χ1n) is 10.3. The monoisotopic (exact) mass is 508 g/mol. The van der Waals surface area contributed by atoms with Crippen LogP contribution in [0.15, 0.2) is 47.5 Å². The Hall–Kier alpha value is -2.63. The van der Waals surface area contributed by atoms with E-state index in [2.05, 4.69) is 10.3 Å². The number of carbonyl (C=O) groups is 1. The molecule has 0 bridgehead atoms. The molecule has 186 valence electrons. The average Bonchev–Trinajstić information content (AvgIpc) is 2.71. The molecule has 1 fully saturated rings. The molecule has 0 spiro atoms. The maximum Gasteiger partial charge on any atom is 0.433 e. The van der Waals surface area contributed by atoms with E-state index in [1.54, 1.807) is 0 Å². The highest BCUT2D eigenvalue weighted by Gasteiger charge is 2.48. The molecule has 1 amide bonds. The summed E-state index contributed by atoms with van der Waals surface area (Å²) in [5.41, 5.74) is -2.44. The van der Waals surface area contributed by atoms with Crippen LogP contribution in [0.25, 0.3) is 0 Å². The van der Waals surface area contributed by atoms with Crippen molar-refractivity contribution in [2.24, 2.45) is 11.8 Å². The second-order valence-corrected chi connectivity index (χ2v) is 11.3. The lowest BCUT2D eigenvalue weighted by Crippen LogP contribution is -2.48. The Kier molecular flexibility index (Phi) is 6.77. The molecule has 1 aliphatic carbocycles. The number of amides is 1. The van der Waals surface area contributed by atoms with Crippen LogP contribution in [0.3, 0.4) is 0 Å². The highest BCUT2D eigenvalue weighted by molar-refractivity contribution is 7.92.